The molecule has 0 aliphatic carbocycles. The Morgan fingerprint density at radius 1 is 1.11 bits per heavy atom. The van der Waals surface area contributed by atoms with Crippen LogP contribution in [0.25, 0.3) is 11.5 Å². The highest BCUT2D eigenvalue weighted by atomic mass is 35.5. The van der Waals surface area contributed by atoms with Gasteiger partial charge in [-0.1, -0.05) is 29.8 Å². The molecule has 146 valence electrons. The first kappa shape index (κ1) is 19.9. The average Bonchev–Trinajstić information content (AvgIpc) is 3.14. The Kier molecular flexibility index (Phi) is 5.99. The normalized spacial score (nSPS) is 10.9. The Labute approximate surface area is 169 Å². The molecular weight excluding hydrogens is 376 g/mol. The van der Waals surface area contributed by atoms with Crippen molar-refractivity contribution in [2.75, 3.05) is 19.0 Å². The zero-order valence-electron chi connectivity index (χ0n) is 16.4. The molecule has 0 aliphatic rings. The molecule has 0 fully saturated rings. The van der Waals surface area contributed by atoms with Crippen LogP contribution >= 0.6 is 11.6 Å². The van der Waals surface area contributed by atoms with Crippen LogP contribution in [0.3, 0.4) is 0 Å². The van der Waals surface area contributed by atoms with Gasteiger partial charge < -0.3 is 14.2 Å². The highest BCUT2D eigenvalue weighted by molar-refractivity contribution is 6.33. The van der Waals surface area contributed by atoms with E-state index in [1.165, 1.54) is 0 Å². The summed E-state index contributed by atoms with van der Waals surface area (Å²) in [5.41, 5.74) is 2.25. The molecule has 0 saturated carbocycles. The summed E-state index contributed by atoms with van der Waals surface area (Å²) < 4.78 is 5.77. The summed E-state index contributed by atoms with van der Waals surface area (Å²) in [4.78, 5) is 16.8. The molecule has 3 rings (SSSR count). The first-order chi connectivity index (χ1) is 13.4. The Morgan fingerprint density at radius 3 is 2.54 bits per heavy atom. The monoisotopic (exact) mass is 398 g/mol. The van der Waals surface area contributed by atoms with Gasteiger partial charge in [0.25, 0.3) is 5.91 Å². The zero-order valence-corrected chi connectivity index (χ0v) is 17.1. The van der Waals surface area contributed by atoms with Gasteiger partial charge in [0.1, 0.15) is 0 Å². The van der Waals surface area contributed by atoms with Gasteiger partial charge in [-0.2, -0.15) is 0 Å². The molecule has 0 bridgehead atoms. The maximum atomic E-state index is 13.1. The minimum absolute atomic E-state index is 0.0359. The van der Waals surface area contributed by atoms with Crippen molar-refractivity contribution >= 4 is 23.2 Å². The summed E-state index contributed by atoms with van der Waals surface area (Å²) in [6, 6.07) is 14.8. The smallest absolute Gasteiger partial charge is 0.254 e. The molecule has 6 nitrogen and oxygen atoms in total. The maximum Gasteiger partial charge on any atom is 0.254 e. The third kappa shape index (κ3) is 4.34. The predicted octanol–water partition coefficient (Wildman–Crippen LogP) is 4.51. The van der Waals surface area contributed by atoms with Gasteiger partial charge in [0.05, 0.1) is 17.1 Å². The summed E-state index contributed by atoms with van der Waals surface area (Å²) in [7, 11) is 3.89. The second kappa shape index (κ2) is 8.44. The third-order valence-electron chi connectivity index (χ3n) is 4.37. The number of rotatable bonds is 6. The van der Waals surface area contributed by atoms with Crippen LogP contribution in [0.4, 0.5) is 5.69 Å². The van der Waals surface area contributed by atoms with E-state index < -0.39 is 0 Å². The van der Waals surface area contributed by atoms with Crippen LogP contribution < -0.4 is 4.90 Å². The number of hydrogen-bond donors (Lipinski definition) is 0. The fourth-order valence-corrected chi connectivity index (χ4v) is 3.00. The van der Waals surface area contributed by atoms with E-state index >= 15 is 0 Å². The van der Waals surface area contributed by atoms with Crippen molar-refractivity contribution in [3.63, 3.8) is 0 Å². The van der Waals surface area contributed by atoms with E-state index in [9.17, 15) is 4.79 Å². The quantitative estimate of drug-likeness (QED) is 0.611. The van der Waals surface area contributed by atoms with Crippen molar-refractivity contribution in [3.05, 3.63) is 65.0 Å². The lowest BCUT2D eigenvalue weighted by atomic mass is 10.1. The SMILES string of the molecule is CC(C)N(Cc1nnc(-c2ccccc2Cl)o1)C(=O)c1cccc(N(C)C)c1. The van der Waals surface area contributed by atoms with E-state index in [2.05, 4.69) is 10.2 Å². The van der Waals surface area contributed by atoms with Crippen molar-refractivity contribution in [1.82, 2.24) is 15.1 Å². The molecule has 1 aromatic heterocycles. The van der Waals surface area contributed by atoms with Gasteiger partial charge in [-0.15, -0.1) is 10.2 Å². The van der Waals surface area contributed by atoms with Crippen LogP contribution in [0, 0.1) is 0 Å². The van der Waals surface area contributed by atoms with Gasteiger partial charge in [-0.3, -0.25) is 4.79 Å². The molecule has 0 unspecified atom stereocenters. The van der Waals surface area contributed by atoms with Crippen molar-refractivity contribution < 1.29 is 9.21 Å². The van der Waals surface area contributed by atoms with E-state index in [0.29, 0.717) is 27.9 Å². The molecule has 0 radical (unpaired) electrons. The van der Waals surface area contributed by atoms with Crippen molar-refractivity contribution in [2.45, 2.75) is 26.4 Å². The number of hydrogen-bond acceptors (Lipinski definition) is 5. The van der Waals surface area contributed by atoms with E-state index in [4.69, 9.17) is 16.0 Å². The number of benzene rings is 2. The van der Waals surface area contributed by atoms with Crippen LogP contribution in [0.1, 0.15) is 30.1 Å². The zero-order chi connectivity index (χ0) is 20.3. The molecule has 0 N–H and O–H groups in total. The average molecular weight is 399 g/mol. The number of nitrogens with zero attached hydrogens (tertiary/aromatic N) is 4. The first-order valence-corrected chi connectivity index (χ1v) is 9.40. The highest BCUT2D eigenvalue weighted by Gasteiger charge is 2.22. The van der Waals surface area contributed by atoms with Crippen molar-refractivity contribution in [3.8, 4) is 11.5 Å². The van der Waals surface area contributed by atoms with E-state index in [0.717, 1.165) is 5.69 Å². The molecule has 0 spiro atoms. The summed E-state index contributed by atoms with van der Waals surface area (Å²) in [6.07, 6.45) is 0. The Hall–Kier alpha value is -2.86. The van der Waals surface area contributed by atoms with Gasteiger partial charge in [-0.25, -0.2) is 0 Å². The second-order valence-electron chi connectivity index (χ2n) is 6.95. The minimum Gasteiger partial charge on any atom is -0.419 e. The number of carbonyl (C=O) groups excluding carboxylic acids is 1. The third-order valence-corrected chi connectivity index (χ3v) is 4.70. The van der Waals surface area contributed by atoms with Gasteiger partial charge in [-0.05, 0) is 44.2 Å². The summed E-state index contributed by atoms with van der Waals surface area (Å²) in [5.74, 6) is 0.614. The summed E-state index contributed by atoms with van der Waals surface area (Å²) >= 11 is 6.20. The number of aromatic nitrogens is 2. The molecule has 0 saturated heterocycles. The van der Waals surface area contributed by atoms with Gasteiger partial charge >= 0.3 is 0 Å². The second-order valence-corrected chi connectivity index (χ2v) is 7.36. The molecular formula is C21H23ClN4O2. The van der Waals surface area contributed by atoms with E-state index in [-0.39, 0.29) is 18.5 Å². The largest absolute Gasteiger partial charge is 0.419 e. The van der Waals surface area contributed by atoms with Crippen LogP contribution in [-0.4, -0.2) is 41.1 Å². The molecule has 1 heterocycles. The van der Waals surface area contributed by atoms with Crippen molar-refractivity contribution in [1.29, 1.82) is 0 Å². The van der Waals surface area contributed by atoms with Gasteiger partial charge in [0.15, 0.2) is 0 Å². The Morgan fingerprint density at radius 2 is 1.86 bits per heavy atom. The standard InChI is InChI=1S/C21H23ClN4O2/c1-14(2)26(21(27)15-8-7-9-16(12-15)25(3)4)13-19-23-24-20(28-19)17-10-5-6-11-18(17)22/h5-12,14H,13H2,1-4H3. The molecule has 7 heteroatoms. The lowest BCUT2D eigenvalue weighted by Crippen LogP contribution is -2.36. The summed E-state index contributed by atoms with van der Waals surface area (Å²) in [5, 5.41) is 8.72. The van der Waals surface area contributed by atoms with E-state index in [1.54, 1.807) is 11.0 Å². The summed E-state index contributed by atoms with van der Waals surface area (Å²) in [6.45, 7) is 4.14. The van der Waals surface area contributed by atoms with Crippen LogP contribution in [-0.2, 0) is 6.54 Å². The Bertz CT molecular complexity index is 968. The molecule has 2 aromatic carbocycles. The lowest BCUT2D eigenvalue weighted by molar-refractivity contribution is 0.0672. The highest BCUT2D eigenvalue weighted by Crippen LogP contribution is 2.27. The molecule has 28 heavy (non-hydrogen) atoms. The molecule has 1 amide bonds. The predicted molar refractivity (Wildman–Crippen MR) is 111 cm³/mol. The van der Waals surface area contributed by atoms with Crippen LogP contribution in [0.15, 0.2) is 52.9 Å². The number of anilines is 1. The van der Waals surface area contributed by atoms with E-state index in [1.807, 2.05) is 75.3 Å². The molecule has 3 aromatic rings. The molecule has 0 atom stereocenters. The van der Waals surface area contributed by atoms with Crippen LogP contribution in [0.2, 0.25) is 5.02 Å². The fraction of sp³-hybridized carbons (Fsp3) is 0.286. The maximum absolute atomic E-state index is 13.1. The van der Waals surface area contributed by atoms with Crippen LogP contribution in [0.5, 0.6) is 0 Å². The first-order valence-electron chi connectivity index (χ1n) is 9.02. The number of amides is 1. The number of halogens is 1. The minimum atomic E-state index is -0.0869. The number of carbonyl (C=O) groups is 1. The topological polar surface area (TPSA) is 62.5 Å². The fourth-order valence-electron chi connectivity index (χ4n) is 2.78. The Balaban J connectivity index is 1.83. The van der Waals surface area contributed by atoms with Gasteiger partial charge in [0.2, 0.25) is 11.8 Å². The van der Waals surface area contributed by atoms with Crippen molar-refractivity contribution in [2.24, 2.45) is 0 Å². The van der Waals surface area contributed by atoms with Gasteiger partial charge in [0, 0.05) is 31.4 Å². The molecule has 0 aliphatic heterocycles. The lowest BCUT2D eigenvalue weighted by Gasteiger charge is -2.25.